The molecule has 1 fully saturated rings. The Morgan fingerprint density at radius 1 is 1.29 bits per heavy atom. The van der Waals surface area contributed by atoms with Gasteiger partial charge in [0.05, 0.1) is 48.2 Å². The van der Waals surface area contributed by atoms with Crippen LogP contribution in [0, 0.1) is 18.6 Å². The summed E-state index contributed by atoms with van der Waals surface area (Å²) in [7, 11) is -2.75. The van der Waals surface area contributed by atoms with Gasteiger partial charge in [-0.25, -0.2) is 27.0 Å². The number of aryl methyl sites for hydroxylation is 1. The number of nitrogens with zero attached hydrogens (tertiary/aromatic N) is 3. The number of ether oxygens (including phenoxy) is 2. The number of benzene rings is 1. The van der Waals surface area contributed by atoms with Crippen LogP contribution in [0.1, 0.15) is 11.3 Å². The van der Waals surface area contributed by atoms with Crippen molar-refractivity contribution in [1.82, 2.24) is 14.3 Å². The fourth-order valence-electron chi connectivity index (χ4n) is 4.05. The highest BCUT2D eigenvalue weighted by Crippen LogP contribution is 2.33. The molecule has 0 saturated carbocycles. The third kappa shape index (κ3) is 4.36. The van der Waals surface area contributed by atoms with Gasteiger partial charge < -0.3 is 24.5 Å². The average Bonchev–Trinajstić information content (AvgIpc) is 3.15. The van der Waals surface area contributed by atoms with E-state index in [1.807, 2.05) is 13.0 Å². The molecule has 1 atom stereocenters. The highest BCUT2D eigenvalue weighted by Gasteiger charge is 2.32. The number of carbonyl (C=O) groups is 1. The molecule has 1 saturated heterocycles. The first kappa shape index (κ1) is 24.0. The number of carbonyl (C=O) groups excluding carboxylic acids is 1. The molecule has 1 amide bonds. The van der Waals surface area contributed by atoms with E-state index in [9.17, 15) is 13.2 Å². The second kappa shape index (κ2) is 9.28. The van der Waals surface area contributed by atoms with Gasteiger partial charge in [-0.1, -0.05) is 0 Å². The van der Waals surface area contributed by atoms with Crippen molar-refractivity contribution >= 4 is 21.6 Å². The molecule has 0 aliphatic carbocycles. The Bertz CT molecular complexity index is 1340. The van der Waals surface area contributed by atoms with Crippen molar-refractivity contribution in [3.8, 4) is 11.3 Å². The Morgan fingerprint density at radius 2 is 2.00 bits per heavy atom. The Kier molecular flexibility index (Phi) is 6.56. The lowest BCUT2D eigenvalue weighted by Gasteiger charge is -2.34. The van der Waals surface area contributed by atoms with Gasteiger partial charge in [0.15, 0.2) is 9.84 Å². The number of methoxy groups -OCH3 is 1. The van der Waals surface area contributed by atoms with Crippen LogP contribution in [0.5, 0.6) is 0 Å². The van der Waals surface area contributed by atoms with E-state index in [0.717, 1.165) is 17.7 Å². The van der Waals surface area contributed by atoms with Crippen LogP contribution in [0.3, 0.4) is 0 Å². The van der Waals surface area contributed by atoms with E-state index in [0.29, 0.717) is 24.5 Å². The number of hydrogen-bond acceptors (Lipinski definition) is 7. The zero-order chi connectivity index (χ0) is 24.6. The van der Waals surface area contributed by atoms with Crippen molar-refractivity contribution in [2.45, 2.75) is 24.3 Å². The van der Waals surface area contributed by atoms with Crippen molar-refractivity contribution in [3.05, 3.63) is 53.4 Å². The molecule has 1 aromatic carbocycles. The maximum absolute atomic E-state index is 15.2. The molecule has 1 unspecified atom stereocenters. The van der Waals surface area contributed by atoms with E-state index in [1.54, 1.807) is 16.7 Å². The van der Waals surface area contributed by atoms with Crippen LogP contribution in [0.2, 0.25) is 0 Å². The van der Waals surface area contributed by atoms with Crippen molar-refractivity contribution in [2.75, 3.05) is 32.7 Å². The first-order chi connectivity index (χ1) is 16.2. The van der Waals surface area contributed by atoms with Crippen molar-refractivity contribution < 1.29 is 31.5 Å². The largest absolute Gasteiger partial charge is 0.453 e. The fraction of sp³-hybridized carbons (Fsp3) is 0.364. The van der Waals surface area contributed by atoms with Gasteiger partial charge in [-0.3, -0.25) is 0 Å². The zero-order valence-electron chi connectivity index (χ0n) is 18.6. The number of halogens is 2. The van der Waals surface area contributed by atoms with Crippen LogP contribution in [0.4, 0.5) is 13.6 Å². The first-order valence-electron chi connectivity index (χ1n) is 10.5. The summed E-state index contributed by atoms with van der Waals surface area (Å²) in [6, 6.07) is 4.59. The minimum Gasteiger partial charge on any atom is -0.453 e. The number of nitrogens with two attached hydrogens (primary N) is 1. The number of amides is 1. The van der Waals surface area contributed by atoms with Gasteiger partial charge in [0, 0.05) is 19.2 Å². The highest BCUT2D eigenvalue weighted by atomic mass is 32.2. The van der Waals surface area contributed by atoms with Crippen LogP contribution < -0.4 is 5.73 Å². The fourth-order valence-corrected chi connectivity index (χ4v) is 4.81. The summed E-state index contributed by atoms with van der Waals surface area (Å²) in [6.07, 6.45) is 1.36. The molecule has 1 aliphatic heterocycles. The van der Waals surface area contributed by atoms with Crippen LogP contribution in [-0.2, 0) is 25.7 Å². The van der Waals surface area contributed by atoms with Gasteiger partial charge in [0.1, 0.15) is 23.2 Å². The lowest BCUT2D eigenvalue weighted by atomic mass is 10.0. The molecule has 3 aromatic rings. The molecule has 4 rings (SSSR count). The number of morpholine rings is 1. The molecule has 2 N–H and O–H groups in total. The number of pyridine rings is 1. The third-order valence-corrected chi connectivity index (χ3v) is 7.17. The van der Waals surface area contributed by atoms with Crippen LogP contribution >= 0.6 is 0 Å². The Morgan fingerprint density at radius 3 is 2.65 bits per heavy atom. The number of rotatable bonds is 5. The molecule has 0 spiro atoms. The second-order valence-corrected chi connectivity index (χ2v) is 10.0. The number of imidazole rings is 1. The van der Waals surface area contributed by atoms with Crippen LogP contribution in [-0.4, -0.2) is 67.6 Å². The molecular formula is C22H24F2N4O5S. The van der Waals surface area contributed by atoms with Crippen molar-refractivity contribution in [1.29, 1.82) is 0 Å². The van der Waals surface area contributed by atoms with Gasteiger partial charge in [-0.05, 0) is 36.8 Å². The number of sulfone groups is 1. The molecule has 0 bridgehead atoms. The summed E-state index contributed by atoms with van der Waals surface area (Å²) >= 11 is 0. The summed E-state index contributed by atoms with van der Waals surface area (Å²) in [6.45, 7) is 2.70. The summed E-state index contributed by atoms with van der Waals surface area (Å²) in [5, 5.41) is 0. The Labute approximate surface area is 195 Å². The minimum atomic E-state index is -4.03. The van der Waals surface area contributed by atoms with Gasteiger partial charge in [0.2, 0.25) is 0 Å². The molecular weight excluding hydrogens is 470 g/mol. The lowest BCUT2D eigenvalue weighted by Crippen LogP contribution is -2.49. The second-order valence-electron chi connectivity index (χ2n) is 7.98. The maximum Gasteiger partial charge on any atom is 0.409 e. The van der Waals surface area contributed by atoms with E-state index in [-0.39, 0.29) is 18.7 Å². The number of aromatic nitrogens is 2. The van der Waals surface area contributed by atoms with E-state index in [4.69, 9.17) is 15.2 Å². The van der Waals surface area contributed by atoms with E-state index in [1.165, 1.54) is 12.0 Å². The predicted molar refractivity (Wildman–Crippen MR) is 119 cm³/mol. The quantitative estimate of drug-likeness (QED) is 0.579. The van der Waals surface area contributed by atoms with E-state index < -0.39 is 49.9 Å². The van der Waals surface area contributed by atoms with Crippen molar-refractivity contribution in [2.24, 2.45) is 5.73 Å². The summed E-state index contributed by atoms with van der Waals surface area (Å²) in [5.74, 6) is -2.95. The third-order valence-electron chi connectivity index (χ3n) is 5.78. The van der Waals surface area contributed by atoms with Crippen molar-refractivity contribution in [3.63, 3.8) is 0 Å². The van der Waals surface area contributed by atoms with Gasteiger partial charge in [0.25, 0.3) is 0 Å². The first-order valence-corrected chi connectivity index (χ1v) is 12.1. The number of fused-ring (bicyclic) bond motifs is 1. The van der Waals surface area contributed by atoms with Gasteiger partial charge in [-0.2, -0.15) is 0 Å². The highest BCUT2D eigenvalue weighted by molar-refractivity contribution is 7.91. The predicted octanol–water partition coefficient (Wildman–Crippen LogP) is 2.29. The molecule has 0 radical (unpaired) electrons. The molecule has 9 nitrogen and oxygen atoms in total. The van der Waals surface area contributed by atoms with Crippen LogP contribution in [0.25, 0.3) is 16.9 Å². The summed E-state index contributed by atoms with van der Waals surface area (Å²) < 4.78 is 66.6. The lowest BCUT2D eigenvalue weighted by molar-refractivity contribution is -0.00441. The standard InChI is InChI=1S/C22H24F2N4O5S/c1-13-3-4-28-18(8-14-11-33-6-5-27(14)22(29)32-2)21(26-19(28)7-13)20-16(23)9-15(10-17(20)24)34(30,31)12-25/h3-4,7,9-10,14H,5-6,8,11-12,25H2,1-2H3. The summed E-state index contributed by atoms with van der Waals surface area (Å²) in [5.41, 5.74) is 6.54. The topological polar surface area (TPSA) is 116 Å². The average molecular weight is 495 g/mol. The number of hydrogen-bond donors (Lipinski definition) is 1. The minimum absolute atomic E-state index is 0.00712. The molecule has 1 aliphatic rings. The van der Waals surface area contributed by atoms with Gasteiger partial charge in [-0.15, -0.1) is 0 Å². The SMILES string of the molecule is COC(=O)N1CCOCC1Cc1c(-c2c(F)cc(S(=O)(=O)CN)cc2F)nc2cc(C)ccn12. The van der Waals surface area contributed by atoms with E-state index in [2.05, 4.69) is 4.98 Å². The maximum atomic E-state index is 15.2. The molecule has 12 heteroatoms. The monoisotopic (exact) mass is 494 g/mol. The van der Waals surface area contributed by atoms with E-state index >= 15 is 8.78 Å². The zero-order valence-corrected chi connectivity index (χ0v) is 19.4. The normalized spacial score (nSPS) is 16.7. The molecule has 2 aromatic heterocycles. The molecule has 34 heavy (non-hydrogen) atoms. The Balaban J connectivity index is 1.88. The Hall–Kier alpha value is -3.09. The van der Waals surface area contributed by atoms with Gasteiger partial charge >= 0.3 is 6.09 Å². The molecule has 3 heterocycles. The summed E-state index contributed by atoms with van der Waals surface area (Å²) in [4.78, 5) is 17.7. The van der Waals surface area contributed by atoms with Crippen LogP contribution in [0.15, 0.2) is 35.4 Å². The smallest absolute Gasteiger partial charge is 0.409 e. The molecule has 182 valence electrons.